The number of hydrogen-bond acceptors (Lipinski definition) is 10. The van der Waals surface area contributed by atoms with Crippen molar-refractivity contribution in [1.82, 2.24) is 52.3 Å². The molecule has 2 fully saturated rings. The summed E-state index contributed by atoms with van der Waals surface area (Å²) in [7, 11) is 3.31. The van der Waals surface area contributed by atoms with Crippen LogP contribution >= 0.6 is 24.8 Å². The maximum absolute atomic E-state index is 14.5. The van der Waals surface area contributed by atoms with Gasteiger partial charge in [-0.05, 0) is 112 Å². The van der Waals surface area contributed by atoms with Gasteiger partial charge in [-0.3, -0.25) is 38.4 Å². The molecule has 2 heterocycles. The summed E-state index contributed by atoms with van der Waals surface area (Å²) >= 11 is 0. The number of rotatable bonds is 18. The fraction of sp³-hybridized carbons (Fsp3) is 0.607. The molecule has 18 nitrogen and oxygen atoms in total. The minimum Gasteiger partial charge on any atom is -0.351 e. The van der Waals surface area contributed by atoms with Crippen LogP contribution in [0.1, 0.15) is 141 Å². The van der Waals surface area contributed by atoms with Crippen molar-refractivity contribution in [3.05, 3.63) is 82.9 Å². The second kappa shape index (κ2) is 27.7. The summed E-state index contributed by atoms with van der Waals surface area (Å²) in [5, 5.41) is 24.1. The van der Waals surface area contributed by atoms with Crippen LogP contribution in [0.15, 0.2) is 60.7 Å². The van der Waals surface area contributed by atoms with Crippen molar-refractivity contribution >= 4 is 72.1 Å². The molecule has 0 saturated carbocycles. The van der Waals surface area contributed by atoms with E-state index in [1.54, 1.807) is 40.1 Å². The van der Waals surface area contributed by atoms with E-state index in [9.17, 15) is 38.4 Å². The van der Waals surface area contributed by atoms with E-state index in [1.165, 1.54) is 20.9 Å². The molecule has 0 spiro atoms. The van der Waals surface area contributed by atoms with E-state index in [0.29, 0.717) is 0 Å². The van der Waals surface area contributed by atoms with Gasteiger partial charge in [0.15, 0.2) is 0 Å². The molecule has 10 atom stereocenters. The third-order valence-electron chi connectivity index (χ3n) is 15.1. The Balaban J connectivity index is 0.00000624. The molecule has 0 bridgehead atoms. The predicted octanol–water partition coefficient (Wildman–Crippen LogP) is 4.00. The van der Waals surface area contributed by atoms with Crippen molar-refractivity contribution in [2.75, 3.05) is 27.2 Å². The zero-order chi connectivity index (χ0) is 54.1. The van der Waals surface area contributed by atoms with E-state index in [1.807, 2.05) is 77.9 Å². The molecular weight excluding hydrogens is 1010 g/mol. The zero-order valence-electron chi connectivity index (χ0n) is 46.0. The molecule has 6 rings (SSSR count). The minimum absolute atomic E-state index is 0. The first-order valence-electron chi connectivity index (χ1n) is 26.6. The summed E-state index contributed by atoms with van der Waals surface area (Å²) in [4.78, 5) is 114. The highest BCUT2D eigenvalue weighted by atomic mass is 35.5. The second-order valence-electron chi connectivity index (χ2n) is 22.8. The predicted molar refractivity (Wildman–Crippen MR) is 297 cm³/mol. The van der Waals surface area contributed by atoms with E-state index in [0.717, 1.165) is 49.7 Å². The van der Waals surface area contributed by atoms with Gasteiger partial charge in [-0.1, -0.05) is 102 Å². The first-order valence-corrected chi connectivity index (χ1v) is 26.6. The number of nitrogens with one attached hydrogen (secondary N) is 8. The number of carbonyl (C=O) groups excluding carboxylic acids is 8. The summed E-state index contributed by atoms with van der Waals surface area (Å²) in [5.41, 5.74) is 3.02. The molecule has 8 N–H and O–H groups in total. The number of likely N-dealkylation sites (N-methyl/N-ethyl adjacent to an activating group) is 2. The number of amides is 8. The topological polar surface area (TPSA) is 239 Å². The van der Waals surface area contributed by atoms with E-state index in [4.69, 9.17) is 0 Å². The highest BCUT2D eigenvalue weighted by Crippen LogP contribution is 2.34. The number of carbonyl (C=O) groups is 8. The van der Waals surface area contributed by atoms with Gasteiger partial charge in [0.05, 0.1) is 24.2 Å². The largest absolute Gasteiger partial charge is 0.351 e. The first kappa shape index (κ1) is 63.0. The highest BCUT2D eigenvalue weighted by molar-refractivity contribution is 5.96. The number of halogens is 2. The smallest absolute Gasteiger partial charge is 0.246 e. The maximum Gasteiger partial charge on any atom is 0.246 e. The van der Waals surface area contributed by atoms with Gasteiger partial charge in [-0.2, -0.15) is 0 Å². The molecule has 20 heteroatoms. The van der Waals surface area contributed by atoms with E-state index in [-0.39, 0.29) is 111 Å². The SMILES string of the molecule is CN[C@@H](C)C(=O)N[C@H](C(=O)N1C[C@@H](NC(=O)C/C=C/CC(=O)N[C@H]2C[C@@H](C(=O)N[C@@H]3CCCc4ccccc43)N(C(=O)[C@@H](NC(=O)[C@H](C)NC)C(C)(C)C)C2)C[C@H]1C(=O)N[C@@H]1CCCc2ccccc21)C(C)(C)C.Cl.Cl. The quantitative estimate of drug-likeness (QED) is 0.0999. The van der Waals surface area contributed by atoms with Crippen LogP contribution in [0.3, 0.4) is 0 Å². The summed E-state index contributed by atoms with van der Waals surface area (Å²) < 4.78 is 0. The van der Waals surface area contributed by atoms with Crippen molar-refractivity contribution in [2.45, 2.75) is 180 Å². The lowest BCUT2D eigenvalue weighted by atomic mass is 9.85. The molecule has 8 amide bonds. The van der Waals surface area contributed by atoms with Gasteiger partial charge in [0.25, 0.3) is 0 Å². The molecule has 2 aromatic carbocycles. The van der Waals surface area contributed by atoms with Gasteiger partial charge in [0, 0.05) is 38.0 Å². The molecule has 2 saturated heterocycles. The van der Waals surface area contributed by atoms with Gasteiger partial charge in [0.1, 0.15) is 24.2 Å². The van der Waals surface area contributed by atoms with Crippen molar-refractivity contribution in [3.63, 3.8) is 0 Å². The van der Waals surface area contributed by atoms with Crippen LogP contribution in [0.25, 0.3) is 0 Å². The third-order valence-corrected chi connectivity index (χ3v) is 15.1. The molecule has 420 valence electrons. The van der Waals surface area contributed by atoms with Crippen molar-refractivity contribution in [3.8, 4) is 0 Å². The van der Waals surface area contributed by atoms with Crippen molar-refractivity contribution in [1.29, 1.82) is 0 Å². The minimum atomic E-state index is -0.962. The van der Waals surface area contributed by atoms with Crippen LogP contribution < -0.4 is 42.5 Å². The van der Waals surface area contributed by atoms with E-state index >= 15 is 0 Å². The van der Waals surface area contributed by atoms with Crippen molar-refractivity contribution < 1.29 is 38.4 Å². The van der Waals surface area contributed by atoms with E-state index in [2.05, 4.69) is 54.7 Å². The summed E-state index contributed by atoms with van der Waals surface area (Å²) in [6, 6.07) is 9.53. The molecular formula is C56H84Cl2N10O8. The van der Waals surface area contributed by atoms with Crippen LogP contribution in [-0.2, 0) is 51.2 Å². The Hall–Kier alpha value is -5.56. The van der Waals surface area contributed by atoms with Crippen LogP contribution in [0.2, 0.25) is 0 Å². The Morgan fingerprint density at radius 3 is 1.26 bits per heavy atom. The van der Waals surface area contributed by atoms with Crippen molar-refractivity contribution in [2.24, 2.45) is 10.8 Å². The average molecular weight is 1100 g/mol. The average Bonchev–Trinajstić information content (AvgIpc) is 3.99. The Bertz CT molecular complexity index is 2260. The van der Waals surface area contributed by atoms with E-state index < -0.39 is 71.0 Å². The highest BCUT2D eigenvalue weighted by Gasteiger charge is 2.48. The lowest BCUT2D eigenvalue weighted by Gasteiger charge is -2.36. The fourth-order valence-corrected chi connectivity index (χ4v) is 10.6. The molecule has 2 aliphatic heterocycles. The van der Waals surface area contributed by atoms with Crippen LogP contribution in [0.4, 0.5) is 0 Å². The van der Waals surface area contributed by atoms with Gasteiger partial charge >= 0.3 is 0 Å². The third kappa shape index (κ3) is 16.0. The summed E-state index contributed by atoms with van der Waals surface area (Å²) in [6.45, 7) is 14.6. The van der Waals surface area contributed by atoms with Crippen LogP contribution in [0, 0.1) is 10.8 Å². The lowest BCUT2D eigenvalue weighted by molar-refractivity contribution is -0.144. The lowest BCUT2D eigenvalue weighted by Crippen LogP contribution is -2.59. The Morgan fingerprint density at radius 2 is 0.921 bits per heavy atom. The second-order valence-corrected chi connectivity index (χ2v) is 22.8. The Morgan fingerprint density at radius 1 is 0.566 bits per heavy atom. The van der Waals surface area contributed by atoms with Gasteiger partial charge in [-0.15, -0.1) is 24.8 Å². The number of aryl methyl sites for hydroxylation is 2. The molecule has 0 unspecified atom stereocenters. The summed E-state index contributed by atoms with van der Waals surface area (Å²) in [5.74, 6) is -2.95. The monoisotopic (exact) mass is 1090 g/mol. The van der Waals surface area contributed by atoms with Crippen LogP contribution in [-0.4, -0.2) is 133 Å². The normalized spacial score (nSPS) is 22.7. The Kier molecular flexibility index (Phi) is 22.9. The van der Waals surface area contributed by atoms with Gasteiger partial charge in [-0.25, -0.2) is 0 Å². The fourth-order valence-electron chi connectivity index (χ4n) is 10.6. The number of hydrogen-bond donors (Lipinski definition) is 8. The molecule has 2 aliphatic carbocycles. The number of likely N-dealkylation sites (tertiary alicyclic amines) is 2. The molecule has 4 aliphatic rings. The maximum atomic E-state index is 14.5. The zero-order valence-corrected chi connectivity index (χ0v) is 47.6. The molecule has 0 aromatic heterocycles. The number of benzene rings is 2. The number of nitrogens with zero attached hydrogens (tertiary/aromatic N) is 2. The first-order chi connectivity index (χ1) is 35.0. The molecule has 0 radical (unpaired) electrons. The standard InChI is InChI=1S/C56H82N10O8.2ClH/c1-33(57-9)49(69)63-47(55(3,4)5)53(73)65-31-37(29-43(65)51(71)61-41-25-17-21-35-19-11-13-23-39(35)41)59-45(67)27-15-16-28-46(68)60-38-30-44(52(72)62-42-26-18-22-36-20-12-14-24-40(36)42)66(32-38)54(74)48(56(6,7)8)64-50(70)34(2)58-10;;/h11-16,19-20,23-24,33-34,37-38,41-44,47-48,57-58H,17-18,21-22,25-32H2,1-10H3,(H,59,67)(H,60,68)(H,61,71)(H,62,72)(H,63,69)(H,64,70);2*1H/b16-15+;;/t33-,34-,37-,38-,41+,42+,43-,44-,47+,48+;;/m0../s1. The van der Waals surface area contributed by atoms with Crippen LogP contribution in [0.5, 0.6) is 0 Å². The van der Waals surface area contributed by atoms with Gasteiger partial charge in [0.2, 0.25) is 47.3 Å². The van der Waals surface area contributed by atoms with Gasteiger partial charge < -0.3 is 52.3 Å². The molecule has 76 heavy (non-hydrogen) atoms. The number of fused-ring (bicyclic) bond motifs is 2. The molecule has 2 aromatic rings. The Labute approximate surface area is 461 Å². The summed E-state index contributed by atoms with van der Waals surface area (Å²) in [6.07, 6.45) is 8.45.